The summed E-state index contributed by atoms with van der Waals surface area (Å²) in [4.78, 5) is 13.1. The molecule has 0 aliphatic rings. The van der Waals surface area contributed by atoms with E-state index in [1.807, 2.05) is 37.5 Å². The lowest BCUT2D eigenvalue weighted by molar-refractivity contribution is 0.529. The average molecular weight is 242 g/mol. The van der Waals surface area contributed by atoms with Gasteiger partial charge in [0.25, 0.3) is 0 Å². The first-order chi connectivity index (χ1) is 8.79. The minimum Gasteiger partial charge on any atom is -0.309 e. The molecule has 0 saturated heterocycles. The normalized spacial score (nSPS) is 12.3. The molecule has 0 spiro atoms. The lowest BCUT2D eigenvalue weighted by atomic mass is 10.1. The van der Waals surface area contributed by atoms with Gasteiger partial charge in [-0.3, -0.25) is 15.0 Å². The van der Waals surface area contributed by atoms with Gasteiger partial charge in [-0.2, -0.15) is 0 Å². The average Bonchev–Trinajstić information content (AvgIpc) is 2.40. The van der Waals surface area contributed by atoms with Crippen molar-refractivity contribution in [2.24, 2.45) is 0 Å². The van der Waals surface area contributed by atoms with Gasteiger partial charge in [-0.15, -0.1) is 0 Å². The van der Waals surface area contributed by atoms with Crippen LogP contribution in [0.3, 0.4) is 0 Å². The molecule has 0 aliphatic heterocycles. The summed E-state index contributed by atoms with van der Waals surface area (Å²) in [6, 6.07) is 6.13. The van der Waals surface area contributed by atoms with Crippen LogP contribution in [0, 0.1) is 6.92 Å². The monoisotopic (exact) mass is 242 g/mol. The van der Waals surface area contributed by atoms with Crippen molar-refractivity contribution in [3.05, 3.63) is 53.9 Å². The lowest BCUT2D eigenvalue weighted by Gasteiger charge is -2.16. The van der Waals surface area contributed by atoms with Crippen molar-refractivity contribution in [1.82, 2.24) is 20.3 Å². The summed E-state index contributed by atoms with van der Waals surface area (Å²) in [6.45, 7) is 4.93. The molecule has 0 amide bonds. The topological polar surface area (TPSA) is 50.7 Å². The first-order valence-electron chi connectivity index (χ1n) is 6.21. The van der Waals surface area contributed by atoms with Gasteiger partial charge in [0.2, 0.25) is 0 Å². The third kappa shape index (κ3) is 3.34. The Balaban J connectivity index is 2.15. The molecule has 2 aromatic rings. The molecular formula is C14H18N4. The largest absolute Gasteiger partial charge is 0.309 e. The highest BCUT2D eigenvalue weighted by atomic mass is 14.9. The standard InChI is InChI=1S/C14H18N4/c1-3-15-13(8-12-6-4-5-7-16-12)14-10-17-11(2)9-18-14/h4-7,9-10,13,15H,3,8H2,1-2H3. The van der Waals surface area contributed by atoms with Gasteiger partial charge in [0, 0.05) is 24.5 Å². The Hall–Kier alpha value is -1.81. The molecular weight excluding hydrogens is 224 g/mol. The van der Waals surface area contributed by atoms with E-state index in [9.17, 15) is 0 Å². The molecule has 2 heterocycles. The van der Waals surface area contributed by atoms with Gasteiger partial charge in [0.1, 0.15) is 0 Å². The molecule has 1 unspecified atom stereocenters. The van der Waals surface area contributed by atoms with E-state index in [0.717, 1.165) is 30.0 Å². The number of nitrogens with one attached hydrogen (secondary N) is 1. The Morgan fingerprint density at radius 3 is 2.67 bits per heavy atom. The van der Waals surface area contributed by atoms with Gasteiger partial charge in [-0.25, -0.2) is 0 Å². The Kier molecular flexibility index (Phi) is 4.36. The van der Waals surface area contributed by atoms with Crippen LogP contribution in [0.25, 0.3) is 0 Å². The highest BCUT2D eigenvalue weighted by molar-refractivity contribution is 5.12. The first-order valence-corrected chi connectivity index (χ1v) is 6.21. The van der Waals surface area contributed by atoms with Crippen LogP contribution < -0.4 is 5.32 Å². The zero-order valence-corrected chi connectivity index (χ0v) is 10.8. The third-order valence-corrected chi connectivity index (χ3v) is 2.75. The van der Waals surface area contributed by atoms with Gasteiger partial charge < -0.3 is 5.32 Å². The van der Waals surface area contributed by atoms with Gasteiger partial charge in [-0.1, -0.05) is 13.0 Å². The molecule has 4 heteroatoms. The molecule has 1 atom stereocenters. The number of aryl methyl sites for hydroxylation is 1. The van der Waals surface area contributed by atoms with E-state index in [1.165, 1.54) is 0 Å². The molecule has 0 saturated carbocycles. The Labute approximate surface area is 108 Å². The van der Waals surface area contributed by atoms with E-state index in [2.05, 4.69) is 27.2 Å². The van der Waals surface area contributed by atoms with E-state index in [1.54, 1.807) is 6.20 Å². The highest BCUT2D eigenvalue weighted by Gasteiger charge is 2.13. The summed E-state index contributed by atoms with van der Waals surface area (Å²) in [7, 11) is 0. The van der Waals surface area contributed by atoms with Crippen LogP contribution in [-0.2, 0) is 6.42 Å². The second-order valence-corrected chi connectivity index (χ2v) is 4.22. The molecule has 0 fully saturated rings. The molecule has 2 rings (SSSR count). The van der Waals surface area contributed by atoms with Crippen LogP contribution in [0.15, 0.2) is 36.8 Å². The maximum atomic E-state index is 4.44. The molecule has 2 aromatic heterocycles. The number of pyridine rings is 1. The van der Waals surface area contributed by atoms with Gasteiger partial charge >= 0.3 is 0 Å². The Morgan fingerprint density at radius 2 is 2.06 bits per heavy atom. The molecule has 0 radical (unpaired) electrons. The number of aromatic nitrogens is 3. The predicted molar refractivity (Wildman–Crippen MR) is 71.1 cm³/mol. The molecule has 1 N–H and O–H groups in total. The fraction of sp³-hybridized carbons (Fsp3) is 0.357. The Morgan fingerprint density at radius 1 is 1.17 bits per heavy atom. The van der Waals surface area contributed by atoms with E-state index in [-0.39, 0.29) is 6.04 Å². The third-order valence-electron chi connectivity index (χ3n) is 2.75. The van der Waals surface area contributed by atoms with Gasteiger partial charge in [0.15, 0.2) is 0 Å². The number of likely N-dealkylation sites (N-methyl/N-ethyl adjacent to an activating group) is 1. The SMILES string of the molecule is CCNC(Cc1ccccn1)c1cnc(C)cn1. The maximum absolute atomic E-state index is 4.44. The van der Waals surface area contributed by atoms with Crippen molar-refractivity contribution >= 4 is 0 Å². The predicted octanol–water partition coefficient (Wildman–Crippen LogP) is 2.07. The summed E-state index contributed by atoms with van der Waals surface area (Å²) >= 11 is 0. The lowest BCUT2D eigenvalue weighted by Crippen LogP contribution is -2.24. The summed E-state index contributed by atoms with van der Waals surface area (Å²) in [5, 5.41) is 3.42. The van der Waals surface area contributed by atoms with E-state index in [0.29, 0.717) is 0 Å². The quantitative estimate of drug-likeness (QED) is 0.872. The van der Waals surface area contributed by atoms with Crippen LogP contribution >= 0.6 is 0 Å². The second kappa shape index (κ2) is 6.21. The van der Waals surface area contributed by atoms with Crippen LogP contribution in [0.4, 0.5) is 0 Å². The first kappa shape index (κ1) is 12.6. The van der Waals surface area contributed by atoms with Crippen LogP contribution in [0.1, 0.15) is 30.0 Å². The molecule has 0 aromatic carbocycles. The highest BCUT2D eigenvalue weighted by Crippen LogP contribution is 2.14. The summed E-state index contributed by atoms with van der Waals surface area (Å²) in [5.41, 5.74) is 2.96. The molecule has 0 bridgehead atoms. The van der Waals surface area contributed by atoms with Crippen molar-refractivity contribution in [2.75, 3.05) is 6.54 Å². The summed E-state index contributed by atoms with van der Waals surface area (Å²) in [6.07, 6.45) is 6.29. The Bertz CT molecular complexity index is 467. The number of nitrogens with zero attached hydrogens (tertiary/aromatic N) is 3. The van der Waals surface area contributed by atoms with Crippen molar-refractivity contribution < 1.29 is 0 Å². The molecule has 4 nitrogen and oxygen atoms in total. The number of hydrogen-bond acceptors (Lipinski definition) is 4. The van der Waals surface area contributed by atoms with E-state index in [4.69, 9.17) is 0 Å². The number of rotatable bonds is 5. The second-order valence-electron chi connectivity index (χ2n) is 4.22. The van der Waals surface area contributed by atoms with Crippen LogP contribution in [0.2, 0.25) is 0 Å². The summed E-state index contributed by atoms with van der Waals surface area (Å²) < 4.78 is 0. The molecule has 18 heavy (non-hydrogen) atoms. The fourth-order valence-corrected chi connectivity index (χ4v) is 1.84. The van der Waals surface area contributed by atoms with E-state index >= 15 is 0 Å². The van der Waals surface area contributed by atoms with Crippen molar-refractivity contribution in [3.63, 3.8) is 0 Å². The zero-order chi connectivity index (χ0) is 12.8. The fourth-order valence-electron chi connectivity index (χ4n) is 1.84. The van der Waals surface area contributed by atoms with Gasteiger partial charge in [0.05, 0.1) is 23.6 Å². The minimum absolute atomic E-state index is 0.165. The minimum atomic E-state index is 0.165. The van der Waals surface area contributed by atoms with Crippen LogP contribution in [-0.4, -0.2) is 21.5 Å². The van der Waals surface area contributed by atoms with Crippen molar-refractivity contribution in [2.45, 2.75) is 26.3 Å². The van der Waals surface area contributed by atoms with Crippen molar-refractivity contribution in [1.29, 1.82) is 0 Å². The van der Waals surface area contributed by atoms with E-state index < -0.39 is 0 Å². The van der Waals surface area contributed by atoms with Crippen molar-refractivity contribution in [3.8, 4) is 0 Å². The maximum Gasteiger partial charge on any atom is 0.0760 e. The number of hydrogen-bond donors (Lipinski definition) is 1. The molecule has 0 aliphatic carbocycles. The smallest absolute Gasteiger partial charge is 0.0760 e. The zero-order valence-electron chi connectivity index (χ0n) is 10.8. The van der Waals surface area contributed by atoms with Gasteiger partial charge in [-0.05, 0) is 25.6 Å². The molecule has 94 valence electrons. The summed E-state index contributed by atoms with van der Waals surface area (Å²) in [5.74, 6) is 0. The van der Waals surface area contributed by atoms with Crippen LogP contribution in [0.5, 0.6) is 0 Å².